The van der Waals surface area contributed by atoms with Crippen LogP contribution in [0.2, 0.25) is 0 Å². The summed E-state index contributed by atoms with van der Waals surface area (Å²) in [6.07, 6.45) is 10.1. The fourth-order valence-electron chi connectivity index (χ4n) is 5.06. The van der Waals surface area contributed by atoms with Crippen molar-refractivity contribution < 1.29 is 0 Å². The van der Waals surface area contributed by atoms with Crippen LogP contribution in [-0.2, 0) is 12.8 Å². The lowest BCUT2D eigenvalue weighted by Crippen LogP contribution is -2.42. The van der Waals surface area contributed by atoms with Crippen LogP contribution >= 0.6 is 0 Å². The van der Waals surface area contributed by atoms with Crippen LogP contribution in [0.15, 0.2) is 97.6 Å². The van der Waals surface area contributed by atoms with Gasteiger partial charge < -0.3 is 5.32 Å². The molecule has 0 amide bonds. The van der Waals surface area contributed by atoms with Gasteiger partial charge in [-0.1, -0.05) is 105 Å². The van der Waals surface area contributed by atoms with Crippen LogP contribution in [0, 0.1) is 18.3 Å². The number of benzene rings is 3. The maximum atomic E-state index is 9.32. The summed E-state index contributed by atoms with van der Waals surface area (Å²) in [6.45, 7) is 14.7. The monoisotopic (exact) mass is 520 g/mol. The molecular weight excluding hydrogens is 472 g/mol. The molecule has 0 aliphatic carbocycles. The lowest BCUT2D eigenvalue weighted by atomic mass is 9.83. The van der Waals surface area contributed by atoms with Gasteiger partial charge in [-0.3, -0.25) is 0 Å². The molecule has 0 radical (unpaired) electrons. The van der Waals surface area contributed by atoms with E-state index >= 15 is 0 Å². The fourth-order valence-corrected chi connectivity index (χ4v) is 5.06. The van der Waals surface area contributed by atoms with E-state index in [1.54, 1.807) is 0 Å². The molecule has 3 rings (SSSR count). The molecule has 2 nitrogen and oxygen atoms in total. The third-order valence-corrected chi connectivity index (χ3v) is 7.92. The zero-order valence-corrected chi connectivity index (χ0v) is 25.0. The Morgan fingerprint density at radius 3 is 2.18 bits per heavy atom. The zero-order chi connectivity index (χ0) is 28.7. The van der Waals surface area contributed by atoms with E-state index in [0.29, 0.717) is 18.3 Å². The van der Waals surface area contributed by atoms with Crippen molar-refractivity contribution in [2.75, 3.05) is 7.05 Å². The highest BCUT2D eigenvalue weighted by Gasteiger charge is 2.26. The van der Waals surface area contributed by atoms with E-state index in [0.717, 1.165) is 25.7 Å². The summed E-state index contributed by atoms with van der Waals surface area (Å²) in [5, 5.41) is 12.7. The first-order valence-electron chi connectivity index (χ1n) is 14.3. The molecular formula is C37H48N2. The molecule has 206 valence electrons. The van der Waals surface area contributed by atoms with E-state index in [1.165, 1.54) is 33.4 Å². The Morgan fingerprint density at radius 2 is 1.59 bits per heavy atom. The van der Waals surface area contributed by atoms with E-state index in [2.05, 4.69) is 112 Å². The summed E-state index contributed by atoms with van der Waals surface area (Å²) in [7, 11) is 1.95. The molecule has 2 heteroatoms. The van der Waals surface area contributed by atoms with Crippen molar-refractivity contribution in [2.24, 2.45) is 0 Å². The maximum absolute atomic E-state index is 9.32. The standard InChI is InChI=1S/C33H40N2.C4H8/c1-6-18-33(35-5,20-21-34)19-17-29-15-16-32(23-26(29)3)27(4)31-14-10-13-30(24-31)25(2)22-28-11-8-7-9-12-28;1-3-4-2/h6-16,23-25,27,35H,1,17-20,22H2,2-5H3;3-4H,1-2H3/b;4-3+. The van der Waals surface area contributed by atoms with Gasteiger partial charge in [-0.2, -0.15) is 5.26 Å². The second-order valence-electron chi connectivity index (χ2n) is 10.7. The molecule has 3 aromatic carbocycles. The first kappa shape index (κ1) is 31.8. The lowest BCUT2D eigenvalue weighted by Gasteiger charge is -2.30. The summed E-state index contributed by atoms with van der Waals surface area (Å²) in [6, 6.07) is 29.1. The topological polar surface area (TPSA) is 35.8 Å². The van der Waals surface area contributed by atoms with E-state index in [9.17, 15) is 5.26 Å². The van der Waals surface area contributed by atoms with Crippen molar-refractivity contribution in [3.05, 3.63) is 131 Å². The molecule has 0 heterocycles. The molecule has 39 heavy (non-hydrogen) atoms. The molecule has 0 aromatic heterocycles. The van der Waals surface area contributed by atoms with Gasteiger partial charge in [0.1, 0.15) is 0 Å². The molecule has 0 saturated carbocycles. The van der Waals surface area contributed by atoms with Crippen molar-refractivity contribution >= 4 is 0 Å². The minimum Gasteiger partial charge on any atom is -0.313 e. The van der Waals surface area contributed by atoms with Gasteiger partial charge in [0, 0.05) is 11.5 Å². The van der Waals surface area contributed by atoms with Crippen molar-refractivity contribution in [1.82, 2.24) is 5.32 Å². The van der Waals surface area contributed by atoms with E-state index in [1.807, 2.05) is 39.1 Å². The van der Waals surface area contributed by atoms with Crippen molar-refractivity contribution in [3.63, 3.8) is 0 Å². The molecule has 3 aromatic rings. The summed E-state index contributed by atoms with van der Waals surface area (Å²) >= 11 is 0. The number of hydrogen-bond acceptors (Lipinski definition) is 2. The van der Waals surface area contributed by atoms with Gasteiger partial charge in [-0.15, -0.1) is 6.58 Å². The third-order valence-electron chi connectivity index (χ3n) is 7.92. The number of allylic oxidation sites excluding steroid dienone is 2. The fraction of sp³-hybridized carbons (Fsp3) is 0.378. The minimum absolute atomic E-state index is 0.203. The Kier molecular flexibility index (Phi) is 13.5. The van der Waals surface area contributed by atoms with Crippen molar-refractivity contribution in [1.29, 1.82) is 5.26 Å². The number of hydrogen-bond donors (Lipinski definition) is 1. The lowest BCUT2D eigenvalue weighted by molar-refractivity contribution is 0.333. The SMILES string of the molecule is C/C=C/C.C=CCC(CC#N)(CCc1ccc(C(C)c2cccc(C(C)Cc3ccccc3)c2)cc1C)NC. The molecule has 0 aliphatic rings. The Hall–Kier alpha value is -3.41. The predicted molar refractivity (Wildman–Crippen MR) is 169 cm³/mol. The normalized spacial score (nSPS) is 14.0. The van der Waals surface area contributed by atoms with Gasteiger partial charge in [-0.25, -0.2) is 0 Å². The number of rotatable bonds is 12. The number of nitrogens with one attached hydrogen (secondary N) is 1. The molecule has 0 saturated heterocycles. The second kappa shape index (κ2) is 16.5. The van der Waals surface area contributed by atoms with Crippen LogP contribution in [0.5, 0.6) is 0 Å². The third kappa shape index (κ3) is 9.68. The molecule has 0 bridgehead atoms. The van der Waals surface area contributed by atoms with Crippen LogP contribution in [0.3, 0.4) is 0 Å². The van der Waals surface area contributed by atoms with E-state index < -0.39 is 0 Å². The zero-order valence-electron chi connectivity index (χ0n) is 25.0. The number of aryl methyl sites for hydroxylation is 2. The smallest absolute Gasteiger partial charge is 0.0641 e. The Labute approximate surface area is 238 Å². The molecule has 0 aliphatic heterocycles. The first-order valence-corrected chi connectivity index (χ1v) is 14.3. The molecule has 0 fully saturated rings. The van der Waals surface area contributed by atoms with E-state index in [-0.39, 0.29) is 5.54 Å². The van der Waals surface area contributed by atoms with Crippen molar-refractivity contribution in [3.8, 4) is 6.07 Å². The predicted octanol–water partition coefficient (Wildman–Crippen LogP) is 9.46. The van der Waals surface area contributed by atoms with Crippen LogP contribution in [-0.4, -0.2) is 12.6 Å². The number of nitriles is 1. The van der Waals surface area contributed by atoms with Gasteiger partial charge in [-0.05, 0) is 92.8 Å². The molecule has 0 spiro atoms. The average Bonchev–Trinajstić information content (AvgIpc) is 2.97. The van der Waals surface area contributed by atoms with Gasteiger partial charge in [0.15, 0.2) is 0 Å². The van der Waals surface area contributed by atoms with Crippen molar-refractivity contribution in [2.45, 2.75) is 84.1 Å². The van der Waals surface area contributed by atoms with Gasteiger partial charge in [0.05, 0.1) is 12.5 Å². The first-order chi connectivity index (χ1) is 18.8. The minimum atomic E-state index is -0.203. The van der Waals surface area contributed by atoms with Gasteiger partial charge in [0.2, 0.25) is 0 Å². The van der Waals surface area contributed by atoms with Gasteiger partial charge >= 0.3 is 0 Å². The molecule has 3 unspecified atom stereocenters. The van der Waals surface area contributed by atoms with Gasteiger partial charge in [0.25, 0.3) is 0 Å². The number of nitrogens with zero attached hydrogens (tertiary/aromatic N) is 1. The Morgan fingerprint density at radius 1 is 0.923 bits per heavy atom. The van der Waals surface area contributed by atoms with Crippen LogP contribution in [0.1, 0.15) is 92.2 Å². The van der Waals surface area contributed by atoms with Crippen LogP contribution < -0.4 is 5.32 Å². The van der Waals surface area contributed by atoms with Crippen LogP contribution in [0.4, 0.5) is 0 Å². The van der Waals surface area contributed by atoms with E-state index in [4.69, 9.17) is 0 Å². The summed E-state index contributed by atoms with van der Waals surface area (Å²) in [5.74, 6) is 0.812. The summed E-state index contributed by atoms with van der Waals surface area (Å²) in [5.41, 5.74) is 7.97. The van der Waals surface area contributed by atoms with Crippen LogP contribution in [0.25, 0.3) is 0 Å². The summed E-state index contributed by atoms with van der Waals surface area (Å²) < 4.78 is 0. The maximum Gasteiger partial charge on any atom is 0.0641 e. The second-order valence-corrected chi connectivity index (χ2v) is 10.7. The Bertz CT molecular complexity index is 1210. The quantitative estimate of drug-likeness (QED) is 0.241. The molecule has 1 N–H and O–H groups in total. The largest absolute Gasteiger partial charge is 0.313 e. The summed E-state index contributed by atoms with van der Waals surface area (Å²) in [4.78, 5) is 0. The Balaban J connectivity index is 0.00000124. The average molecular weight is 521 g/mol. The highest BCUT2D eigenvalue weighted by atomic mass is 14.9. The highest BCUT2D eigenvalue weighted by molar-refractivity contribution is 5.39. The highest BCUT2D eigenvalue weighted by Crippen LogP contribution is 2.30. The molecule has 3 atom stereocenters.